The first kappa shape index (κ1) is 16.4. The molecule has 8 nitrogen and oxygen atoms in total. The lowest BCUT2D eigenvalue weighted by atomic mass is 10.1. The van der Waals surface area contributed by atoms with Gasteiger partial charge in [-0.25, -0.2) is 15.0 Å². The Labute approximate surface area is 158 Å². The molecule has 3 aromatic rings. The van der Waals surface area contributed by atoms with Crippen LogP contribution in [-0.4, -0.2) is 74.8 Å². The fourth-order valence-electron chi connectivity index (χ4n) is 4.04. The molecule has 0 radical (unpaired) electrons. The van der Waals surface area contributed by atoms with Crippen LogP contribution in [0.15, 0.2) is 30.6 Å². The summed E-state index contributed by atoms with van der Waals surface area (Å²) in [5, 5.41) is 4.62. The van der Waals surface area contributed by atoms with Crippen molar-refractivity contribution in [3.8, 4) is 0 Å². The third kappa shape index (κ3) is 2.99. The molecule has 2 saturated heterocycles. The number of anilines is 2. The first-order valence-electron chi connectivity index (χ1n) is 9.52. The van der Waals surface area contributed by atoms with E-state index in [2.05, 4.69) is 40.8 Å². The maximum Gasteiger partial charge on any atom is 0.225 e. The zero-order valence-electron chi connectivity index (χ0n) is 15.8. The molecule has 0 amide bonds. The third-order valence-electron chi connectivity index (χ3n) is 5.51. The van der Waals surface area contributed by atoms with Crippen molar-refractivity contribution in [3.63, 3.8) is 0 Å². The molecule has 0 saturated carbocycles. The Kier molecular flexibility index (Phi) is 3.93. The average Bonchev–Trinajstić information content (AvgIpc) is 3.02. The SMILES string of the molecule is Cc1cc(N2CC(N3CCN(c4ncccn4)CC3)C2)n2nc(C)cc2n1. The van der Waals surface area contributed by atoms with Gasteiger partial charge in [-0.2, -0.15) is 9.61 Å². The summed E-state index contributed by atoms with van der Waals surface area (Å²) in [7, 11) is 0. The Balaban J connectivity index is 1.23. The molecule has 27 heavy (non-hydrogen) atoms. The lowest BCUT2D eigenvalue weighted by Gasteiger charge is -2.48. The number of hydrogen-bond acceptors (Lipinski definition) is 7. The second-order valence-electron chi connectivity index (χ2n) is 7.44. The van der Waals surface area contributed by atoms with Gasteiger partial charge in [0.15, 0.2) is 5.65 Å². The van der Waals surface area contributed by atoms with Gasteiger partial charge in [-0.15, -0.1) is 0 Å². The fraction of sp³-hybridized carbons (Fsp3) is 0.474. The van der Waals surface area contributed by atoms with Gasteiger partial charge < -0.3 is 9.80 Å². The van der Waals surface area contributed by atoms with Crippen LogP contribution in [0.25, 0.3) is 5.65 Å². The smallest absolute Gasteiger partial charge is 0.225 e. The Morgan fingerprint density at radius 3 is 2.37 bits per heavy atom. The van der Waals surface area contributed by atoms with Crippen LogP contribution in [0.2, 0.25) is 0 Å². The molecule has 0 aromatic carbocycles. The lowest BCUT2D eigenvalue weighted by molar-refractivity contribution is 0.156. The molecule has 0 bridgehead atoms. The molecule has 140 valence electrons. The molecule has 2 aliphatic heterocycles. The van der Waals surface area contributed by atoms with E-state index in [4.69, 9.17) is 0 Å². The number of hydrogen-bond donors (Lipinski definition) is 0. The highest BCUT2D eigenvalue weighted by Gasteiger charge is 2.35. The summed E-state index contributed by atoms with van der Waals surface area (Å²) in [5.41, 5.74) is 2.98. The van der Waals surface area contributed by atoms with E-state index in [1.807, 2.05) is 42.9 Å². The van der Waals surface area contributed by atoms with Gasteiger partial charge in [0.05, 0.1) is 5.69 Å². The summed E-state index contributed by atoms with van der Waals surface area (Å²) in [6.45, 7) is 10.2. The standard InChI is InChI=1S/C19H24N8/c1-14-11-18(27-17(22-14)10-15(2)23-27)26-12-16(13-26)24-6-8-25(9-7-24)19-20-4-3-5-21-19/h3-5,10-11,16H,6-9,12-13H2,1-2H3. The highest BCUT2D eigenvalue weighted by Crippen LogP contribution is 2.26. The summed E-state index contributed by atoms with van der Waals surface area (Å²) in [6, 6.07) is 6.64. The Morgan fingerprint density at radius 2 is 1.63 bits per heavy atom. The van der Waals surface area contributed by atoms with Crippen LogP contribution in [-0.2, 0) is 0 Å². The number of rotatable bonds is 3. The molecule has 2 fully saturated rings. The minimum absolute atomic E-state index is 0.601. The van der Waals surface area contributed by atoms with Crippen molar-refractivity contribution in [2.75, 3.05) is 49.1 Å². The Bertz CT molecular complexity index is 939. The van der Waals surface area contributed by atoms with Crippen molar-refractivity contribution in [2.45, 2.75) is 19.9 Å². The molecule has 0 N–H and O–H groups in total. The van der Waals surface area contributed by atoms with Gasteiger partial charge >= 0.3 is 0 Å². The molecular weight excluding hydrogens is 340 g/mol. The van der Waals surface area contributed by atoms with Crippen LogP contribution in [0.5, 0.6) is 0 Å². The molecule has 8 heteroatoms. The lowest BCUT2D eigenvalue weighted by Crippen LogP contribution is -2.63. The zero-order chi connectivity index (χ0) is 18.4. The minimum Gasteiger partial charge on any atom is -0.353 e. The summed E-state index contributed by atoms with van der Waals surface area (Å²) >= 11 is 0. The van der Waals surface area contributed by atoms with E-state index in [9.17, 15) is 0 Å². The molecule has 0 aliphatic carbocycles. The van der Waals surface area contributed by atoms with Gasteiger partial charge in [-0.1, -0.05) is 0 Å². The van der Waals surface area contributed by atoms with Crippen LogP contribution < -0.4 is 9.80 Å². The maximum atomic E-state index is 4.62. The van der Waals surface area contributed by atoms with Gasteiger partial charge in [0.1, 0.15) is 5.82 Å². The number of nitrogens with zero attached hydrogens (tertiary/aromatic N) is 8. The maximum absolute atomic E-state index is 4.62. The van der Waals surface area contributed by atoms with Gasteiger partial charge in [0.2, 0.25) is 5.95 Å². The van der Waals surface area contributed by atoms with E-state index >= 15 is 0 Å². The van der Waals surface area contributed by atoms with E-state index in [0.717, 1.165) is 68.1 Å². The van der Waals surface area contributed by atoms with E-state index in [0.29, 0.717) is 6.04 Å². The topological polar surface area (TPSA) is 65.7 Å². The molecule has 3 aromatic heterocycles. The van der Waals surface area contributed by atoms with Crippen LogP contribution in [0, 0.1) is 13.8 Å². The van der Waals surface area contributed by atoms with Crippen molar-refractivity contribution in [1.82, 2.24) is 29.5 Å². The van der Waals surface area contributed by atoms with Crippen molar-refractivity contribution < 1.29 is 0 Å². The van der Waals surface area contributed by atoms with E-state index < -0.39 is 0 Å². The van der Waals surface area contributed by atoms with Gasteiger partial charge in [0, 0.05) is 75.5 Å². The van der Waals surface area contributed by atoms with E-state index in [1.165, 1.54) is 0 Å². The third-order valence-corrected chi connectivity index (χ3v) is 5.51. The highest BCUT2D eigenvalue weighted by molar-refractivity contribution is 5.53. The van der Waals surface area contributed by atoms with Crippen molar-refractivity contribution in [1.29, 1.82) is 0 Å². The minimum atomic E-state index is 0.601. The number of piperazine rings is 1. The van der Waals surface area contributed by atoms with E-state index in [-0.39, 0.29) is 0 Å². The van der Waals surface area contributed by atoms with Crippen LogP contribution in [0.4, 0.5) is 11.8 Å². The van der Waals surface area contributed by atoms with Gasteiger partial charge in [-0.05, 0) is 19.9 Å². The second kappa shape index (κ2) is 6.45. The molecule has 5 heterocycles. The second-order valence-corrected chi connectivity index (χ2v) is 7.44. The van der Waals surface area contributed by atoms with Crippen LogP contribution in [0.3, 0.4) is 0 Å². The summed E-state index contributed by atoms with van der Waals surface area (Å²) in [5.74, 6) is 1.99. The van der Waals surface area contributed by atoms with Crippen LogP contribution >= 0.6 is 0 Å². The summed E-state index contributed by atoms with van der Waals surface area (Å²) in [6.07, 6.45) is 3.62. The quantitative estimate of drug-likeness (QED) is 0.691. The van der Waals surface area contributed by atoms with Crippen molar-refractivity contribution >= 4 is 17.4 Å². The average molecular weight is 364 g/mol. The molecule has 2 aliphatic rings. The molecule has 0 unspecified atom stereocenters. The zero-order valence-corrected chi connectivity index (χ0v) is 15.8. The van der Waals surface area contributed by atoms with E-state index in [1.54, 1.807) is 0 Å². The first-order chi connectivity index (χ1) is 13.2. The Hall–Kier alpha value is -2.74. The predicted octanol–water partition coefficient (Wildman–Crippen LogP) is 1.15. The molecule has 0 spiro atoms. The summed E-state index contributed by atoms with van der Waals surface area (Å²) < 4.78 is 1.98. The number of aryl methyl sites for hydroxylation is 2. The molecule has 0 atom stereocenters. The number of aromatic nitrogens is 5. The largest absolute Gasteiger partial charge is 0.353 e. The molecule has 5 rings (SSSR count). The van der Waals surface area contributed by atoms with Gasteiger partial charge in [-0.3, -0.25) is 4.90 Å². The molecular formula is C19H24N8. The number of fused-ring (bicyclic) bond motifs is 1. The van der Waals surface area contributed by atoms with Crippen molar-refractivity contribution in [2.24, 2.45) is 0 Å². The summed E-state index contributed by atoms with van der Waals surface area (Å²) in [4.78, 5) is 20.6. The monoisotopic (exact) mass is 364 g/mol. The fourth-order valence-corrected chi connectivity index (χ4v) is 4.04. The predicted molar refractivity (Wildman–Crippen MR) is 104 cm³/mol. The van der Waals surface area contributed by atoms with Crippen LogP contribution in [0.1, 0.15) is 11.4 Å². The van der Waals surface area contributed by atoms with Gasteiger partial charge in [0.25, 0.3) is 0 Å². The van der Waals surface area contributed by atoms with Crippen molar-refractivity contribution in [3.05, 3.63) is 42.0 Å². The highest BCUT2D eigenvalue weighted by atomic mass is 15.4. The normalized spacial score (nSPS) is 18.9. The first-order valence-corrected chi connectivity index (χ1v) is 9.52. The Morgan fingerprint density at radius 1 is 0.889 bits per heavy atom.